The second kappa shape index (κ2) is 6.54. The molecule has 0 saturated carbocycles. The van der Waals surface area contributed by atoms with Crippen LogP contribution >= 0.6 is 11.6 Å². The lowest BCUT2D eigenvalue weighted by atomic mass is 10.1. The summed E-state index contributed by atoms with van der Waals surface area (Å²) in [7, 11) is -3.67. The summed E-state index contributed by atoms with van der Waals surface area (Å²) in [6.45, 7) is 0. The highest BCUT2D eigenvalue weighted by Gasteiger charge is 2.35. The minimum absolute atomic E-state index is 0.115. The average molecular weight is 419 g/mol. The van der Waals surface area contributed by atoms with Crippen LogP contribution in [0.4, 0.5) is 18.9 Å². The summed E-state index contributed by atoms with van der Waals surface area (Å²) in [5.74, 6) is -1.01. The van der Waals surface area contributed by atoms with Gasteiger partial charge in [0.1, 0.15) is 5.52 Å². The van der Waals surface area contributed by atoms with Crippen molar-refractivity contribution < 1.29 is 30.8 Å². The van der Waals surface area contributed by atoms with E-state index >= 15 is 0 Å². The number of anilines is 1. The van der Waals surface area contributed by atoms with Gasteiger partial charge in [-0.25, -0.2) is 8.42 Å². The summed E-state index contributed by atoms with van der Waals surface area (Å²) in [4.78, 5) is 16.1. The summed E-state index contributed by atoms with van der Waals surface area (Å²) in [5.41, 5.74) is -1.39. The Morgan fingerprint density at radius 2 is 1.89 bits per heavy atom. The lowest BCUT2D eigenvalue weighted by molar-refractivity contribution is -0.137. The normalized spacial score (nSPS) is 12.3. The molecule has 3 rings (SSSR count). The van der Waals surface area contributed by atoms with E-state index in [-0.39, 0.29) is 21.8 Å². The Morgan fingerprint density at radius 3 is 2.52 bits per heavy atom. The van der Waals surface area contributed by atoms with E-state index < -0.39 is 38.3 Å². The number of fused-ring (bicyclic) bond motifs is 1. The van der Waals surface area contributed by atoms with Crippen molar-refractivity contribution in [3.8, 4) is 0 Å². The Bertz CT molecular complexity index is 1160. The lowest BCUT2D eigenvalue weighted by Gasteiger charge is -2.13. The molecule has 1 amide bonds. The third kappa shape index (κ3) is 4.06. The second-order valence-electron chi connectivity index (χ2n) is 5.58. The van der Waals surface area contributed by atoms with E-state index in [0.29, 0.717) is 6.07 Å². The number of sulfone groups is 1. The maximum Gasteiger partial charge on any atom is 0.417 e. The molecule has 0 aliphatic carbocycles. The molecule has 0 aliphatic heterocycles. The van der Waals surface area contributed by atoms with Gasteiger partial charge >= 0.3 is 11.4 Å². The third-order valence-corrected chi connectivity index (χ3v) is 4.52. The van der Waals surface area contributed by atoms with Crippen LogP contribution in [0.3, 0.4) is 0 Å². The standard InChI is InChI=1S/C16H10ClF3N2O4S/c1-27(24,25)15-22-12-7-9(3-5-13(12)26-15)21-14(23)10-4-2-8(17)6-11(10)16(18,19)20/h2-7H,1H3,(H,21,23). The number of oxazole rings is 1. The van der Waals surface area contributed by atoms with Crippen LogP contribution in [-0.2, 0) is 16.0 Å². The van der Waals surface area contributed by atoms with E-state index in [2.05, 4.69) is 10.3 Å². The van der Waals surface area contributed by atoms with Gasteiger partial charge in [-0.05, 0) is 36.4 Å². The fraction of sp³-hybridized carbons (Fsp3) is 0.125. The topological polar surface area (TPSA) is 89.3 Å². The van der Waals surface area contributed by atoms with Gasteiger partial charge in [0.2, 0.25) is 9.84 Å². The molecule has 0 saturated heterocycles. The van der Waals surface area contributed by atoms with Crippen LogP contribution in [0, 0.1) is 0 Å². The Balaban J connectivity index is 1.95. The van der Waals surface area contributed by atoms with Crippen molar-refractivity contribution in [2.45, 2.75) is 11.4 Å². The highest BCUT2D eigenvalue weighted by atomic mass is 35.5. The van der Waals surface area contributed by atoms with E-state index in [4.69, 9.17) is 16.0 Å². The first-order valence-electron chi connectivity index (χ1n) is 7.24. The molecular formula is C16H10ClF3N2O4S. The maximum atomic E-state index is 13.1. The zero-order valence-electron chi connectivity index (χ0n) is 13.5. The monoisotopic (exact) mass is 418 g/mol. The first-order valence-corrected chi connectivity index (χ1v) is 9.51. The largest absolute Gasteiger partial charge is 0.428 e. The fourth-order valence-corrected chi connectivity index (χ4v) is 2.97. The van der Waals surface area contributed by atoms with Gasteiger partial charge in [-0.1, -0.05) is 11.6 Å². The van der Waals surface area contributed by atoms with E-state index in [9.17, 15) is 26.4 Å². The smallest absolute Gasteiger partial charge is 0.417 e. The van der Waals surface area contributed by atoms with Crippen LogP contribution in [0.2, 0.25) is 5.02 Å². The number of alkyl halides is 3. The van der Waals surface area contributed by atoms with Crippen molar-refractivity contribution in [1.82, 2.24) is 4.98 Å². The van der Waals surface area contributed by atoms with Gasteiger partial charge < -0.3 is 9.73 Å². The van der Waals surface area contributed by atoms with Crippen LogP contribution in [-0.4, -0.2) is 25.6 Å². The number of amides is 1. The van der Waals surface area contributed by atoms with Crippen LogP contribution < -0.4 is 5.32 Å². The van der Waals surface area contributed by atoms with Crippen LogP contribution in [0.15, 0.2) is 46.0 Å². The van der Waals surface area contributed by atoms with Gasteiger partial charge in [0.15, 0.2) is 5.58 Å². The van der Waals surface area contributed by atoms with Crippen molar-refractivity contribution in [2.75, 3.05) is 11.6 Å². The SMILES string of the molecule is CS(=O)(=O)c1nc2cc(NC(=O)c3ccc(Cl)cc3C(F)(F)F)ccc2o1. The Kier molecular flexibility index (Phi) is 4.64. The van der Waals surface area contributed by atoms with Gasteiger partial charge in [-0.2, -0.15) is 18.2 Å². The highest BCUT2D eigenvalue weighted by molar-refractivity contribution is 7.90. The van der Waals surface area contributed by atoms with Crippen molar-refractivity contribution in [3.05, 3.63) is 52.5 Å². The van der Waals surface area contributed by atoms with E-state index in [1.165, 1.54) is 24.3 Å². The minimum Gasteiger partial charge on any atom is -0.428 e. The highest BCUT2D eigenvalue weighted by Crippen LogP contribution is 2.34. The molecule has 11 heteroatoms. The molecule has 6 nitrogen and oxygen atoms in total. The first-order chi connectivity index (χ1) is 12.4. The molecule has 1 N–H and O–H groups in total. The van der Waals surface area contributed by atoms with Crippen molar-refractivity contribution >= 4 is 44.1 Å². The molecule has 142 valence electrons. The van der Waals surface area contributed by atoms with Gasteiger partial charge in [0.05, 0.1) is 11.1 Å². The first kappa shape index (κ1) is 19.2. The number of nitrogens with one attached hydrogen (secondary N) is 1. The van der Waals surface area contributed by atoms with E-state index in [0.717, 1.165) is 12.3 Å². The quantitative estimate of drug-likeness (QED) is 0.690. The maximum absolute atomic E-state index is 13.1. The average Bonchev–Trinajstić information content (AvgIpc) is 2.97. The number of carbonyl (C=O) groups excluding carboxylic acids is 1. The molecule has 1 heterocycles. The predicted octanol–water partition coefficient (Wildman–Crippen LogP) is 4.16. The second-order valence-corrected chi connectivity index (χ2v) is 7.91. The van der Waals surface area contributed by atoms with Crippen molar-refractivity contribution in [3.63, 3.8) is 0 Å². The molecule has 0 atom stereocenters. The number of benzene rings is 2. The number of hydrogen-bond acceptors (Lipinski definition) is 5. The third-order valence-electron chi connectivity index (χ3n) is 3.47. The van der Waals surface area contributed by atoms with E-state index in [1.807, 2.05) is 0 Å². The number of halogens is 4. The number of carbonyl (C=O) groups is 1. The number of aromatic nitrogens is 1. The molecule has 3 aromatic rings. The molecule has 2 aromatic carbocycles. The molecule has 0 spiro atoms. The van der Waals surface area contributed by atoms with Gasteiger partial charge in [-0.15, -0.1) is 0 Å². The number of rotatable bonds is 3. The minimum atomic E-state index is -4.77. The Labute approximate surface area is 155 Å². The summed E-state index contributed by atoms with van der Waals surface area (Å²) in [5, 5.41) is 1.66. The molecule has 27 heavy (non-hydrogen) atoms. The molecule has 1 aromatic heterocycles. The summed E-state index contributed by atoms with van der Waals surface area (Å²) in [6.07, 6.45) is -3.85. The van der Waals surface area contributed by atoms with Crippen molar-refractivity contribution in [2.24, 2.45) is 0 Å². The van der Waals surface area contributed by atoms with E-state index in [1.54, 1.807) is 0 Å². The number of hydrogen-bond donors (Lipinski definition) is 1. The lowest BCUT2D eigenvalue weighted by Crippen LogP contribution is -2.18. The zero-order valence-corrected chi connectivity index (χ0v) is 15.0. The summed E-state index contributed by atoms with van der Waals surface area (Å²) >= 11 is 5.59. The molecule has 0 radical (unpaired) electrons. The molecule has 0 fully saturated rings. The predicted molar refractivity (Wildman–Crippen MR) is 91.5 cm³/mol. The molecule has 0 unspecified atom stereocenters. The van der Waals surface area contributed by atoms with Crippen LogP contribution in [0.25, 0.3) is 11.1 Å². The summed E-state index contributed by atoms with van der Waals surface area (Å²) < 4.78 is 67.4. The van der Waals surface area contributed by atoms with Gasteiger partial charge in [-0.3, -0.25) is 4.79 Å². The van der Waals surface area contributed by atoms with Crippen LogP contribution in [0.1, 0.15) is 15.9 Å². The van der Waals surface area contributed by atoms with Crippen molar-refractivity contribution in [1.29, 1.82) is 0 Å². The molecule has 0 bridgehead atoms. The molecule has 0 aliphatic rings. The Morgan fingerprint density at radius 1 is 1.19 bits per heavy atom. The molecular weight excluding hydrogens is 409 g/mol. The zero-order chi connectivity index (χ0) is 20.0. The number of nitrogens with zero attached hydrogens (tertiary/aromatic N) is 1. The van der Waals surface area contributed by atoms with Gasteiger partial charge in [0, 0.05) is 17.0 Å². The van der Waals surface area contributed by atoms with Crippen LogP contribution in [0.5, 0.6) is 0 Å². The Hall–Kier alpha value is -2.59. The fourth-order valence-electron chi connectivity index (χ4n) is 2.29. The van der Waals surface area contributed by atoms with Gasteiger partial charge in [0.25, 0.3) is 5.91 Å². The summed E-state index contributed by atoms with van der Waals surface area (Å²) in [6, 6.07) is 6.78.